The van der Waals surface area contributed by atoms with Gasteiger partial charge in [-0.3, -0.25) is 15.1 Å². The number of hydrogen-bond donors (Lipinski definition) is 2. The van der Waals surface area contributed by atoms with Crippen molar-refractivity contribution in [3.63, 3.8) is 0 Å². The first kappa shape index (κ1) is 18.6. The van der Waals surface area contributed by atoms with E-state index in [2.05, 4.69) is 20.2 Å². The van der Waals surface area contributed by atoms with E-state index in [1.54, 1.807) is 30.6 Å². The lowest BCUT2D eigenvalue weighted by atomic mass is 10.0. The molecular weight excluding hydrogens is 390 g/mol. The SMILES string of the molecule is Cc1cccc(-c2n[nH]cc2-c2ccc3ncc(-c4cccc(C(=O)O)c4)cc3n2)n1. The average Bonchev–Trinajstić information content (AvgIpc) is 3.28. The topological polar surface area (TPSA) is 105 Å². The molecule has 4 heterocycles. The van der Waals surface area contributed by atoms with E-state index in [1.165, 1.54) is 0 Å². The third kappa shape index (κ3) is 3.53. The number of H-pyrrole nitrogens is 1. The molecule has 7 nitrogen and oxygen atoms in total. The number of carboxylic acid groups (broad SMARTS) is 1. The Balaban J connectivity index is 1.59. The normalized spacial score (nSPS) is 11.0. The van der Waals surface area contributed by atoms with Crippen LogP contribution in [0.1, 0.15) is 16.1 Å². The molecule has 0 radical (unpaired) electrons. The third-order valence-electron chi connectivity index (χ3n) is 5.03. The van der Waals surface area contributed by atoms with Crippen molar-refractivity contribution in [2.45, 2.75) is 6.92 Å². The van der Waals surface area contributed by atoms with E-state index in [4.69, 9.17) is 4.98 Å². The first-order valence-corrected chi connectivity index (χ1v) is 9.67. The summed E-state index contributed by atoms with van der Waals surface area (Å²) >= 11 is 0. The Hall–Kier alpha value is -4.39. The van der Waals surface area contributed by atoms with Gasteiger partial charge in [-0.1, -0.05) is 18.2 Å². The Bertz CT molecular complexity index is 1440. The van der Waals surface area contributed by atoms with E-state index in [1.807, 2.05) is 49.4 Å². The largest absolute Gasteiger partial charge is 0.478 e. The van der Waals surface area contributed by atoms with Crippen LogP contribution in [0.25, 0.3) is 44.8 Å². The van der Waals surface area contributed by atoms with Crippen LogP contribution in [-0.2, 0) is 0 Å². The first-order valence-electron chi connectivity index (χ1n) is 9.67. The summed E-state index contributed by atoms with van der Waals surface area (Å²) in [5, 5.41) is 16.6. The lowest BCUT2D eigenvalue weighted by Gasteiger charge is -2.07. The molecule has 0 bridgehead atoms. The Kier molecular flexibility index (Phi) is 4.48. The van der Waals surface area contributed by atoms with Crippen molar-refractivity contribution in [1.82, 2.24) is 25.1 Å². The zero-order valence-electron chi connectivity index (χ0n) is 16.6. The number of rotatable bonds is 4. The number of nitrogens with zero attached hydrogens (tertiary/aromatic N) is 4. The molecule has 0 spiro atoms. The highest BCUT2D eigenvalue weighted by atomic mass is 16.4. The van der Waals surface area contributed by atoms with Gasteiger partial charge < -0.3 is 5.11 Å². The highest BCUT2D eigenvalue weighted by Gasteiger charge is 2.14. The maximum atomic E-state index is 11.3. The van der Waals surface area contributed by atoms with Crippen molar-refractivity contribution in [3.05, 3.63) is 84.3 Å². The van der Waals surface area contributed by atoms with Crippen molar-refractivity contribution >= 4 is 17.0 Å². The molecule has 0 unspecified atom stereocenters. The molecule has 0 fully saturated rings. The number of aromatic nitrogens is 5. The van der Waals surface area contributed by atoms with Crippen molar-refractivity contribution in [2.75, 3.05) is 0 Å². The number of aromatic amines is 1. The lowest BCUT2D eigenvalue weighted by Crippen LogP contribution is -1.96. The molecule has 0 aliphatic carbocycles. The number of aryl methyl sites for hydroxylation is 1. The Morgan fingerprint density at radius 1 is 0.903 bits per heavy atom. The molecule has 5 aromatic rings. The minimum absolute atomic E-state index is 0.230. The van der Waals surface area contributed by atoms with Gasteiger partial charge in [-0.25, -0.2) is 9.78 Å². The maximum absolute atomic E-state index is 11.3. The number of carbonyl (C=O) groups is 1. The summed E-state index contributed by atoms with van der Waals surface area (Å²) in [6, 6.07) is 18.3. The number of pyridine rings is 3. The van der Waals surface area contributed by atoms with Crippen LogP contribution in [0.5, 0.6) is 0 Å². The highest BCUT2D eigenvalue weighted by Crippen LogP contribution is 2.30. The van der Waals surface area contributed by atoms with Gasteiger partial charge in [0.25, 0.3) is 0 Å². The van der Waals surface area contributed by atoms with Crippen molar-refractivity contribution in [1.29, 1.82) is 0 Å². The van der Waals surface area contributed by atoms with Crippen LogP contribution < -0.4 is 0 Å². The molecule has 7 heteroatoms. The molecule has 0 saturated carbocycles. The minimum atomic E-state index is -0.965. The second-order valence-electron chi connectivity index (χ2n) is 7.16. The standard InChI is InChI=1S/C24H17N5O2/c1-14-4-2-7-21(27-14)23-18(13-26-29-23)19-8-9-20-22(28-19)11-17(12-25-20)15-5-3-6-16(10-15)24(30)31/h2-13H,1H3,(H,26,29)(H,30,31). The molecule has 0 atom stereocenters. The fourth-order valence-corrected chi connectivity index (χ4v) is 3.50. The number of carboxylic acids is 1. The van der Waals surface area contributed by atoms with Crippen LogP contribution in [-0.4, -0.2) is 36.2 Å². The fourth-order valence-electron chi connectivity index (χ4n) is 3.50. The van der Waals surface area contributed by atoms with Gasteiger partial charge in [-0.2, -0.15) is 5.10 Å². The summed E-state index contributed by atoms with van der Waals surface area (Å²) in [5.41, 5.74) is 7.27. The van der Waals surface area contributed by atoms with Crippen molar-refractivity contribution in [2.24, 2.45) is 0 Å². The van der Waals surface area contributed by atoms with Crippen LogP contribution in [0.2, 0.25) is 0 Å². The van der Waals surface area contributed by atoms with Crippen LogP contribution >= 0.6 is 0 Å². The molecule has 0 aliphatic heterocycles. The molecule has 4 aromatic heterocycles. The first-order chi connectivity index (χ1) is 15.1. The number of fused-ring (bicyclic) bond motifs is 1. The average molecular weight is 407 g/mol. The van der Waals surface area contributed by atoms with Gasteiger partial charge >= 0.3 is 5.97 Å². The zero-order valence-corrected chi connectivity index (χ0v) is 16.6. The van der Waals surface area contributed by atoms with Gasteiger partial charge in [-0.05, 0) is 55.0 Å². The smallest absolute Gasteiger partial charge is 0.335 e. The van der Waals surface area contributed by atoms with E-state index in [9.17, 15) is 9.90 Å². The van der Waals surface area contributed by atoms with Crippen molar-refractivity contribution in [3.8, 4) is 33.8 Å². The zero-order chi connectivity index (χ0) is 21.4. The van der Waals surface area contributed by atoms with E-state index in [0.717, 1.165) is 45.0 Å². The Morgan fingerprint density at radius 3 is 2.61 bits per heavy atom. The number of aromatic carboxylic acids is 1. The molecular formula is C24H17N5O2. The number of hydrogen-bond acceptors (Lipinski definition) is 5. The van der Waals surface area contributed by atoms with E-state index in [-0.39, 0.29) is 5.56 Å². The van der Waals surface area contributed by atoms with Gasteiger partial charge in [0.05, 0.1) is 28.0 Å². The molecule has 150 valence electrons. The molecule has 1 aromatic carbocycles. The van der Waals surface area contributed by atoms with Crippen LogP contribution in [0, 0.1) is 6.92 Å². The van der Waals surface area contributed by atoms with Crippen molar-refractivity contribution < 1.29 is 9.90 Å². The van der Waals surface area contributed by atoms with Gasteiger partial charge in [-0.15, -0.1) is 0 Å². The van der Waals surface area contributed by atoms with E-state index in [0.29, 0.717) is 5.52 Å². The minimum Gasteiger partial charge on any atom is -0.478 e. The predicted octanol–water partition coefficient (Wildman–Crippen LogP) is 4.76. The third-order valence-corrected chi connectivity index (χ3v) is 5.03. The van der Waals surface area contributed by atoms with Gasteiger partial charge in [0, 0.05) is 29.2 Å². The molecule has 31 heavy (non-hydrogen) atoms. The fraction of sp³-hybridized carbons (Fsp3) is 0.0417. The molecule has 0 aliphatic rings. The van der Waals surface area contributed by atoms with Crippen LogP contribution in [0.3, 0.4) is 0 Å². The maximum Gasteiger partial charge on any atom is 0.335 e. The summed E-state index contributed by atoms with van der Waals surface area (Å²) in [4.78, 5) is 25.2. The summed E-state index contributed by atoms with van der Waals surface area (Å²) in [6.07, 6.45) is 3.53. The Morgan fingerprint density at radius 2 is 1.77 bits per heavy atom. The summed E-state index contributed by atoms with van der Waals surface area (Å²) < 4.78 is 0. The van der Waals surface area contributed by atoms with Gasteiger partial charge in [0.15, 0.2) is 0 Å². The molecule has 5 rings (SSSR count). The summed E-state index contributed by atoms with van der Waals surface area (Å²) in [6.45, 7) is 1.94. The summed E-state index contributed by atoms with van der Waals surface area (Å²) in [5.74, 6) is -0.965. The van der Waals surface area contributed by atoms with Crippen LogP contribution in [0.15, 0.2) is 73.1 Å². The number of nitrogens with one attached hydrogen (secondary N) is 1. The highest BCUT2D eigenvalue weighted by molar-refractivity contribution is 5.90. The molecule has 0 amide bonds. The molecule has 2 N–H and O–H groups in total. The second-order valence-corrected chi connectivity index (χ2v) is 7.16. The van der Waals surface area contributed by atoms with Gasteiger partial charge in [0.2, 0.25) is 0 Å². The lowest BCUT2D eigenvalue weighted by molar-refractivity contribution is 0.0697. The Labute approximate surface area is 177 Å². The summed E-state index contributed by atoms with van der Waals surface area (Å²) in [7, 11) is 0. The number of benzene rings is 1. The van der Waals surface area contributed by atoms with Gasteiger partial charge in [0.1, 0.15) is 5.69 Å². The quantitative estimate of drug-likeness (QED) is 0.445. The predicted molar refractivity (Wildman–Crippen MR) is 117 cm³/mol. The van der Waals surface area contributed by atoms with E-state index >= 15 is 0 Å². The monoisotopic (exact) mass is 407 g/mol. The van der Waals surface area contributed by atoms with Crippen LogP contribution in [0.4, 0.5) is 0 Å². The second kappa shape index (κ2) is 7.46. The molecule has 0 saturated heterocycles. The van der Waals surface area contributed by atoms with E-state index < -0.39 is 5.97 Å².